The van der Waals surface area contributed by atoms with E-state index >= 15 is 0 Å². The minimum Gasteiger partial charge on any atom is -0.399 e. The van der Waals surface area contributed by atoms with Gasteiger partial charge in [-0.25, -0.2) is 0 Å². The van der Waals surface area contributed by atoms with E-state index in [0.29, 0.717) is 25.0 Å². The summed E-state index contributed by atoms with van der Waals surface area (Å²) in [7, 11) is -0.916. The molecule has 3 aliphatic rings. The van der Waals surface area contributed by atoms with Gasteiger partial charge in [-0.2, -0.15) is 11.3 Å². The molecule has 1 aromatic rings. The van der Waals surface area contributed by atoms with Crippen LogP contribution in [0.2, 0.25) is 0 Å². The molecule has 0 N–H and O–H groups in total. The normalized spacial score (nSPS) is 22.6. The molecule has 0 spiro atoms. The van der Waals surface area contributed by atoms with Gasteiger partial charge in [0.05, 0.1) is 35.6 Å². The summed E-state index contributed by atoms with van der Waals surface area (Å²) >= 11 is 1.73. The lowest BCUT2D eigenvalue weighted by Gasteiger charge is -2.32. The Morgan fingerprint density at radius 2 is 1.09 bits per heavy atom. The van der Waals surface area contributed by atoms with Crippen LogP contribution in [0.15, 0.2) is 5.57 Å². The number of hydrogen-bond donors (Lipinski definition) is 0. The van der Waals surface area contributed by atoms with Gasteiger partial charge in [-0.3, -0.25) is 0 Å². The van der Waals surface area contributed by atoms with E-state index in [0.717, 1.165) is 42.0 Å². The average molecular weight is 659 g/mol. The zero-order chi connectivity index (χ0) is 33.9. The summed E-state index contributed by atoms with van der Waals surface area (Å²) in [5.41, 5.74) is 3.30. The minimum absolute atomic E-state index is 0.426. The quantitative estimate of drug-likeness (QED) is 0.149. The summed E-state index contributed by atoms with van der Waals surface area (Å²) in [6.45, 7) is 28.8. The molecule has 0 aromatic carbocycles. The summed E-state index contributed by atoms with van der Waals surface area (Å²) in [6.07, 6.45) is 10.5. The molecule has 0 bridgehead atoms. The largest absolute Gasteiger partial charge is 0.506 e. The molecule has 260 valence electrons. The van der Waals surface area contributed by atoms with Crippen LogP contribution in [0.3, 0.4) is 0 Å². The third-order valence-corrected chi connectivity index (χ3v) is 12.7. The van der Waals surface area contributed by atoms with Crippen molar-refractivity contribution in [3.8, 4) is 0 Å². The van der Waals surface area contributed by atoms with Crippen LogP contribution in [0.1, 0.15) is 146 Å². The van der Waals surface area contributed by atoms with Crippen LogP contribution in [-0.2, 0) is 34.5 Å². The molecular weight excluding hydrogens is 594 g/mol. The van der Waals surface area contributed by atoms with E-state index in [9.17, 15) is 0 Å². The van der Waals surface area contributed by atoms with Crippen LogP contribution in [0.5, 0.6) is 0 Å². The number of rotatable bonds is 18. The standard InChI is InChI=1S/C37H64B2O6S/c1-13-17-19-26(15-3)22-40-24-28-21-29-31(30(28)25-41-23-27(16-4)20-18-14-2)33(39-44-36(9,10)37(11,12)45-39)46-32(29)38-42-34(5,6)35(7,8)43-38/h26-27H,13-25H2,1-12H3. The fraction of sp³-hybridized carbons (Fsp3) is 0.838. The van der Waals surface area contributed by atoms with E-state index in [2.05, 4.69) is 83.1 Å². The molecule has 9 heteroatoms. The third kappa shape index (κ3) is 8.20. The molecule has 4 rings (SSSR count). The van der Waals surface area contributed by atoms with Gasteiger partial charge in [0.25, 0.3) is 0 Å². The first kappa shape index (κ1) is 38.1. The van der Waals surface area contributed by atoms with E-state index in [1.54, 1.807) is 11.3 Å². The van der Waals surface area contributed by atoms with Gasteiger partial charge in [0.1, 0.15) is 0 Å². The van der Waals surface area contributed by atoms with E-state index in [1.807, 2.05) is 0 Å². The molecule has 2 saturated heterocycles. The van der Waals surface area contributed by atoms with Crippen LogP contribution in [-0.4, -0.2) is 63.1 Å². The lowest BCUT2D eigenvalue weighted by Crippen LogP contribution is -2.41. The van der Waals surface area contributed by atoms with Crippen LogP contribution in [0.4, 0.5) is 0 Å². The molecule has 2 atom stereocenters. The minimum atomic E-state index is -0.471. The van der Waals surface area contributed by atoms with Crippen molar-refractivity contribution in [1.82, 2.24) is 0 Å². The molecule has 6 nitrogen and oxygen atoms in total. The monoisotopic (exact) mass is 658 g/mol. The second-order valence-corrected chi connectivity index (χ2v) is 17.1. The number of fused-ring (bicyclic) bond motifs is 1. The van der Waals surface area contributed by atoms with Gasteiger partial charge in [-0.15, -0.1) is 0 Å². The Morgan fingerprint density at radius 1 is 0.652 bits per heavy atom. The fourth-order valence-corrected chi connectivity index (χ4v) is 7.82. The highest BCUT2D eigenvalue weighted by Crippen LogP contribution is 2.43. The van der Waals surface area contributed by atoms with Crippen LogP contribution < -0.4 is 9.55 Å². The zero-order valence-electron chi connectivity index (χ0n) is 31.4. The Balaban J connectivity index is 1.70. The molecule has 1 aromatic heterocycles. The summed E-state index contributed by atoms with van der Waals surface area (Å²) in [5.74, 6) is 1.18. The predicted octanol–water partition coefficient (Wildman–Crippen LogP) is 8.12. The Labute approximate surface area is 286 Å². The molecule has 0 saturated carbocycles. The highest BCUT2D eigenvalue weighted by atomic mass is 32.1. The lowest BCUT2D eigenvalue weighted by molar-refractivity contribution is 0.00578. The molecule has 46 heavy (non-hydrogen) atoms. The second kappa shape index (κ2) is 15.5. The second-order valence-electron chi connectivity index (χ2n) is 16.0. The van der Waals surface area contributed by atoms with Crippen molar-refractivity contribution in [3.63, 3.8) is 0 Å². The number of unbranched alkanes of at least 4 members (excludes halogenated alkanes) is 2. The van der Waals surface area contributed by atoms with Crippen molar-refractivity contribution in [2.75, 3.05) is 26.4 Å². The maximum atomic E-state index is 6.70. The molecule has 2 unspecified atom stereocenters. The highest BCUT2D eigenvalue weighted by molar-refractivity contribution is 7.31. The van der Waals surface area contributed by atoms with E-state index < -0.39 is 36.6 Å². The average Bonchev–Trinajstić information content (AvgIpc) is 3.64. The van der Waals surface area contributed by atoms with Gasteiger partial charge >= 0.3 is 14.2 Å². The summed E-state index contributed by atoms with van der Waals surface area (Å²) in [6, 6.07) is 0. The first-order valence-electron chi connectivity index (χ1n) is 18.3. The number of thiophene rings is 1. The lowest BCUT2D eigenvalue weighted by atomic mass is 9.79. The van der Waals surface area contributed by atoms with Crippen LogP contribution in [0, 0.1) is 11.8 Å². The van der Waals surface area contributed by atoms with Gasteiger partial charge in [-0.1, -0.05) is 66.2 Å². The topological polar surface area (TPSA) is 55.4 Å². The first-order valence-corrected chi connectivity index (χ1v) is 19.2. The van der Waals surface area contributed by atoms with E-state index in [-0.39, 0.29) is 0 Å². The Morgan fingerprint density at radius 3 is 1.52 bits per heavy atom. The number of ether oxygens (including phenoxy) is 2. The van der Waals surface area contributed by atoms with Gasteiger partial charge in [0, 0.05) is 22.8 Å². The van der Waals surface area contributed by atoms with Crippen molar-refractivity contribution < 1.29 is 28.1 Å². The van der Waals surface area contributed by atoms with Gasteiger partial charge in [-0.05, 0) is 109 Å². The summed E-state index contributed by atoms with van der Waals surface area (Å²) < 4.78 is 42.1. The van der Waals surface area contributed by atoms with Gasteiger partial charge in [0.15, 0.2) is 0 Å². The van der Waals surface area contributed by atoms with Crippen molar-refractivity contribution in [1.29, 1.82) is 0 Å². The maximum absolute atomic E-state index is 6.70. The third-order valence-electron chi connectivity index (χ3n) is 11.4. The SMILES string of the molecule is CCCCC(CC)COCC1=C(COCC(CC)CCCC)c2c(B3OC(C)(C)C(C)(C)O3)sc(B3OC(C)(C)C(C)(C)O3)c2C1. The predicted molar refractivity (Wildman–Crippen MR) is 195 cm³/mol. The number of hydrogen-bond acceptors (Lipinski definition) is 7. The highest BCUT2D eigenvalue weighted by Gasteiger charge is 2.57. The van der Waals surface area contributed by atoms with E-state index in [1.165, 1.54) is 60.8 Å². The molecule has 2 aliphatic heterocycles. The Kier molecular flexibility index (Phi) is 12.8. The van der Waals surface area contributed by atoms with Crippen LogP contribution >= 0.6 is 11.3 Å². The molecule has 1 aliphatic carbocycles. The van der Waals surface area contributed by atoms with Crippen molar-refractivity contribution in [2.24, 2.45) is 11.8 Å². The fourth-order valence-electron chi connectivity index (χ4n) is 6.55. The van der Waals surface area contributed by atoms with Gasteiger partial charge < -0.3 is 28.1 Å². The van der Waals surface area contributed by atoms with Crippen molar-refractivity contribution in [2.45, 2.75) is 163 Å². The first-order chi connectivity index (χ1) is 21.6. The molecule has 2 fully saturated rings. The van der Waals surface area contributed by atoms with Gasteiger partial charge in [0.2, 0.25) is 0 Å². The summed E-state index contributed by atoms with van der Waals surface area (Å²) in [4.78, 5) is 0. The van der Waals surface area contributed by atoms with Crippen molar-refractivity contribution in [3.05, 3.63) is 16.7 Å². The molecule has 3 heterocycles. The Hall–Kier alpha value is -0.670. The van der Waals surface area contributed by atoms with Crippen molar-refractivity contribution >= 4 is 40.7 Å². The molecular formula is C37H64B2O6S. The van der Waals surface area contributed by atoms with E-state index in [4.69, 9.17) is 28.1 Å². The molecule has 0 radical (unpaired) electrons. The van der Waals surface area contributed by atoms with Crippen LogP contribution in [0.25, 0.3) is 5.57 Å². The molecule has 0 amide bonds. The zero-order valence-corrected chi connectivity index (χ0v) is 32.2. The Bertz CT molecular complexity index is 1160. The summed E-state index contributed by atoms with van der Waals surface area (Å²) in [5, 5.41) is 0. The maximum Gasteiger partial charge on any atom is 0.506 e. The smallest absolute Gasteiger partial charge is 0.399 e.